The molecular weight excluding hydrogens is 755 g/mol. The lowest BCUT2D eigenvalue weighted by molar-refractivity contribution is 0.723. The molecule has 12 rings (SSSR count). The van der Waals surface area contributed by atoms with Crippen LogP contribution in [0, 0.1) is 0 Å². The summed E-state index contributed by atoms with van der Waals surface area (Å²) >= 11 is 1.89. The Hall–Kier alpha value is -7.39. The molecule has 2 aliphatic rings. The maximum atomic E-state index is 2.49. The van der Waals surface area contributed by atoms with E-state index in [2.05, 4.69) is 241 Å². The summed E-state index contributed by atoms with van der Waals surface area (Å²) in [5.41, 5.74) is 18.1. The molecule has 0 fully saturated rings. The SMILES string of the molecule is c1ccc(-c2ccc(N(c3ccc(-c4ccccc4)cc3)c3ccc(-c4ccc5c(c4)C4(c6ccccc6Sc6ccccc64)c4cc6ccccc6cc4-5)cc3)cc2)cc1. The van der Waals surface area contributed by atoms with Gasteiger partial charge in [0.1, 0.15) is 0 Å². The third-order valence-electron chi connectivity index (χ3n) is 12.7. The van der Waals surface area contributed by atoms with Crippen LogP contribution in [0.25, 0.3) is 55.3 Å². The number of rotatable bonds is 6. The van der Waals surface area contributed by atoms with Crippen LogP contribution in [0.15, 0.2) is 246 Å². The van der Waals surface area contributed by atoms with Gasteiger partial charge in [0.25, 0.3) is 0 Å². The summed E-state index contributed by atoms with van der Waals surface area (Å²) in [7, 11) is 0. The minimum absolute atomic E-state index is 0.447. The van der Waals surface area contributed by atoms with Crippen molar-refractivity contribution in [3.05, 3.63) is 259 Å². The first-order valence-electron chi connectivity index (χ1n) is 21.0. The van der Waals surface area contributed by atoms with E-state index in [0.717, 1.165) is 17.1 Å². The molecule has 286 valence electrons. The minimum atomic E-state index is -0.447. The molecular formula is C59H39NS. The van der Waals surface area contributed by atoms with Gasteiger partial charge in [0.2, 0.25) is 0 Å². The molecule has 0 saturated heterocycles. The quantitative estimate of drug-likeness (QED) is 0.165. The highest BCUT2D eigenvalue weighted by molar-refractivity contribution is 7.99. The Kier molecular flexibility index (Phi) is 8.40. The normalized spacial score (nSPS) is 13.0. The summed E-state index contributed by atoms with van der Waals surface area (Å²) in [6.07, 6.45) is 0. The second-order valence-corrected chi connectivity index (χ2v) is 17.1. The number of benzene rings is 10. The molecule has 1 aliphatic heterocycles. The summed E-state index contributed by atoms with van der Waals surface area (Å²) < 4.78 is 0. The molecule has 10 aromatic rings. The van der Waals surface area contributed by atoms with Crippen molar-refractivity contribution in [3.8, 4) is 44.5 Å². The van der Waals surface area contributed by atoms with Gasteiger partial charge in [0, 0.05) is 26.9 Å². The number of anilines is 3. The standard InChI is InChI=1S/C59H39NS/c1-3-13-40(14-4-1)42-23-30-48(31-24-42)60(49-32-25-43(26-33-49)41-15-5-2-6-16-41)50-34-27-44(28-35-50)47-29-36-51-52-37-45-17-7-8-18-46(45)38-56(52)59(55(51)39-47)53-19-9-11-21-57(53)61-58-22-12-10-20-54(58)59/h1-39H. The van der Waals surface area contributed by atoms with Crippen LogP contribution >= 0.6 is 11.8 Å². The van der Waals surface area contributed by atoms with Crippen molar-refractivity contribution in [1.82, 2.24) is 0 Å². The van der Waals surface area contributed by atoms with E-state index < -0.39 is 5.41 Å². The molecule has 1 aliphatic carbocycles. The van der Waals surface area contributed by atoms with Gasteiger partial charge in [-0.2, -0.15) is 0 Å². The first-order chi connectivity index (χ1) is 30.2. The molecule has 0 aromatic heterocycles. The fourth-order valence-electron chi connectivity index (χ4n) is 9.88. The Balaban J connectivity index is 0.986. The Morgan fingerprint density at radius 1 is 0.279 bits per heavy atom. The zero-order valence-corrected chi connectivity index (χ0v) is 34.2. The van der Waals surface area contributed by atoms with Crippen LogP contribution in [0.1, 0.15) is 22.3 Å². The Morgan fingerprint density at radius 3 is 1.20 bits per heavy atom. The molecule has 0 N–H and O–H groups in total. The van der Waals surface area contributed by atoms with Crippen LogP contribution in [-0.4, -0.2) is 0 Å². The lowest BCUT2D eigenvalue weighted by Gasteiger charge is -2.39. The summed E-state index contributed by atoms with van der Waals surface area (Å²) in [6, 6.07) is 87.2. The average Bonchev–Trinajstić information content (AvgIpc) is 3.60. The molecule has 1 spiro atoms. The topological polar surface area (TPSA) is 3.24 Å². The van der Waals surface area contributed by atoms with E-state index in [1.807, 2.05) is 11.8 Å². The highest BCUT2D eigenvalue weighted by Gasteiger charge is 2.50. The van der Waals surface area contributed by atoms with Crippen molar-refractivity contribution >= 4 is 39.6 Å². The summed E-state index contributed by atoms with van der Waals surface area (Å²) in [4.78, 5) is 4.99. The van der Waals surface area contributed by atoms with Crippen LogP contribution in [0.5, 0.6) is 0 Å². The van der Waals surface area contributed by atoms with Gasteiger partial charge in [-0.25, -0.2) is 0 Å². The van der Waals surface area contributed by atoms with Gasteiger partial charge < -0.3 is 4.90 Å². The lowest BCUT2D eigenvalue weighted by atomic mass is 9.67. The average molecular weight is 794 g/mol. The number of nitrogens with zero attached hydrogens (tertiary/aromatic N) is 1. The monoisotopic (exact) mass is 793 g/mol. The maximum absolute atomic E-state index is 2.49. The smallest absolute Gasteiger partial charge is 0.0735 e. The van der Waals surface area contributed by atoms with Gasteiger partial charge >= 0.3 is 0 Å². The highest BCUT2D eigenvalue weighted by Crippen LogP contribution is 2.63. The fraction of sp³-hybridized carbons (Fsp3) is 0.0169. The van der Waals surface area contributed by atoms with Gasteiger partial charge in [0.15, 0.2) is 0 Å². The van der Waals surface area contributed by atoms with Crippen molar-refractivity contribution in [2.45, 2.75) is 15.2 Å². The molecule has 0 unspecified atom stereocenters. The van der Waals surface area contributed by atoms with E-state index in [1.54, 1.807) is 0 Å². The van der Waals surface area contributed by atoms with Crippen LogP contribution in [0.4, 0.5) is 17.1 Å². The zero-order valence-electron chi connectivity index (χ0n) is 33.4. The largest absolute Gasteiger partial charge is 0.311 e. The van der Waals surface area contributed by atoms with Gasteiger partial charge in [-0.1, -0.05) is 182 Å². The molecule has 0 bridgehead atoms. The van der Waals surface area contributed by atoms with E-state index in [4.69, 9.17) is 0 Å². The molecule has 10 aromatic carbocycles. The van der Waals surface area contributed by atoms with Gasteiger partial charge in [-0.05, 0) is 144 Å². The predicted molar refractivity (Wildman–Crippen MR) is 256 cm³/mol. The molecule has 1 heterocycles. The van der Waals surface area contributed by atoms with E-state index in [-0.39, 0.29) is 0 Å². The Bertz CT molecular complexity index is 3110. The lowest BCUT2D eigenvalue weighted by Crippen LogP contribution is -2.32. The fourth-order valence-corrected chi connectivity index (χ4v) is 11.1. The second kappa shape index (κ2) is 14.4. The van der Waals surface area contributed by atoms with Crippen LogP contribution in [0.3, 0.4) is 0 Å². The van der Waals surface area contributed by atoms with Crippen molar-refractivity contribution in [1.29, 1.82) is 0 Å². The van der Waals surface area contributed by atoms with Gasteiger partial charge in [0.05, 0.1) is 5.41 Å². The van der Waals surface area contributed by atoms with E-state index in [9.17, 15) is 0 Å². The van der Waals surface area contributed by atoms with Crippen LogP contribution < -0.4 is 4.90 Å². The first-order valence-corrected chi connectivity index (χ1v) is 21.8. The molecule has 0 radical (unpaired) electrons. The Labute approximate surface area is 361 Å². The third kappa shape index (κ3) is 5.79. The van der Waals surface area contributed by atoms with E-state index in [1.165, 1.54) is 87.3 Å². The molecule has 2 heteroatoms. The van der Waals surface area contributed by atoms with E-state index in [0.29, 0.717) is 0 Å². The molecule has 0 saturated carbocycles. The second-order valence-electron chi connectivity index (χ2n) is 16.1. The number of hydrogen-bond acceptors (Lipinski definition) is 2. The summed E-state index contributed by atoms with van der Waals surface area (Å²) in [5, 5.41) is 2.54. The highest BCUT2D eigenvalue weighted by atomic mass is 32.2. The minimum Gasteiger partial charge on any atom is -0.311 e. The Morgan fingerprint density at radius 2 is 0.672 bits per heavy atom. The predicted octanol–water partition coefficient (Wildman–Crippen LogP) is 16.1. The van der Waals surface area contributed by atoms with Gasteiger partial charge in [-0.3, -0.25) is 0 Å². The van der Waals surface area contributed by atoms with Crippen molar-refractivity contribution in [2.24, 2.45) is 0 Å². The van der Waals surface area contributed by atoms with Crippen LogP contribution in [0.2, 0.25) is 0 Å². The molecule has 61 heavy (non-hydrogen) atoms. The summed E-state index contributed by atoms with van der Waals surface area (Å²) in [5.74, 6) is 0. The molecule has 0 amide bonds. The van der Waals surface area contributed by atoms with Crippen molar-refractivity contribution in [3.63, 3.8) is 0 Å². The first kappa shape index (κ1) is 35.5. The van der Waals surface area contributed by atoms with E-state index >= 15 is 0 Å². The molecule has 1 nitrogen and oxygen atoms in total. The maximum Gasteiger partial charge on any atom is 0.0735 e. The van der Waals surface area contributed by atoms with Crippen LogP contribution in [-0.2, 0) is 5.41 Å². The number of fused-ring (bicyclic) bond motifs is 10. The third-order valence-corrected chi connectivity index (χ3v) is 13.9. The molecule has 0 atom stereocenters. The summed E-state index contributed by atoms with van der Waals surface area (Å²) in [6.45, 7) is 0. The van der Waals surface area contributed by atoms with Crippen molar-refractivity contribution < 1.29 is 0 Å². The van der Waals surface area contributed by atoms with Gasteiger partial charge in [-0.15, -0.1) is 0 Å². The zero-order chi connectivity index (χ0) is 40.3. The number of hydrogen-bond donors (Lipinski definition) is 0. The van der Waals surface area contributed by atoms with Crippen molar-refractivity contribution in [2.75, 3.05) is 4.90 Å².